The molecule has 0 saturated heterocycles. The molecule has 0 aliphatic rings. The predicted octanol–water partition coefficient (Wildman–Crippen LogP) is 2.78. The Morgan fingerprint density at radius 1 is 1.37 bits per heavy atom. The van der Waals surface area contributed by atoms with Crippen LogP contribution in [0.2, 0.25) is 0 Å². The van der Waals surface area contributed by atoms with Gasteiger partial charge in [0.05, 0.1) is 7.11 Å². The number of hydrogen-bond donors (Lipinski definition) is 2. The zero-order valence-electron chi connectivity index (χ0n) is 11.5. The SMILES string of the molecule is CCCC(CN)Nc1nccc2cc(OC)ccc12. The first-order chi connectivity index (χ1) is 9.28. The van der Waals surface area contributed by atoms with Crippen molar-refractivity contribution in [2.75, 3.05) is 19.0 Å². The second-order valence-electron chi connectivity index (χ2n) is 4.61. The molecule has 0 radical (unpaired) electrons. The van der Waals surface area contributed by atoms with E-state index in [0.717, 1.165) is 35.2 Å². The van der Waals surface area contributed by atoms with Gasteiger partial charge in [-0.15, -0.1) is 0 Å². The first kappa shape index (κ1) is 13.6. The van der Waals surface area contributed by atoms with E-state index in [9.17, 15) is 0 Å². The largest absolute Gasteiger partial charge is 0.497 e. The summed E-state index contributed by atoms with van der Waals surface area (Å²) in [5, 5.41) is 5.64. The van der Waals surface area contributed by atoms with E-state index in [0.29, 0.717) is 6.54 Å². The van der Waals surface area contributed by atoms with E-state index >= 15 is 0 Å². The molecular weight excluding hydrogens is 238 g/mol. The van der Waals surface area contributed by atoms with Crippen LogP contribution in [0.25, 0.3) is 10.8 Å². The summed E-state index contributed by atoms with van der Waals surface area (Å²) in [5.41, 5.74) is 5.79. The Bertz CT molecular complexity index is 542. The van der Waals surface area contributed by atoms with Crippen LogP contribution in [0.3, 0.4) is 0 Å². The van der Waals surface area contributed by atoms with Crippen molar-refractivity contribution in [2.24, 2.45) is 5.73 Å². The van der Waals surface area contributed by atoms with Gasteiger partial charge >= 0.3 is 0 Å². The molecule has 1 heterocycles. The van der Waals surface area contributed by atoms with E-state index in [2.05, 4.69) is 17.2 Å². The van der Waals surface area contributed by atoms with Crippen molar-refractivity contribution < 1.29 is 4.74 Å². The fourth-order valence-electron chi connectivity index (χ4n) is 2.19. The van der Waals surface area contributed by atoms with Crippen LogP contribution in [0, 0.1) is 0 Å². The number of methoxy groups -OCH3 is 1. The lowest BCUT2D eigenvalue weighted by Gasteiger charge is -2.18. The van der Waals surface area contributed by atoms with Crippen LogP contribution in [0.15, 0.2) is 30.5 Å². The maximum atomic E-state index is 5.79. The Morgan fingerprint density at radius 3 is 2.89 bits per heavy atom. The summed E-state index contributed by atoms with van der Waals surface area (Å²) in [5.74, 6) is 1.75. The van der Waals surface area contributed by atoms with E-state index in [1.165, 1.54) is 0 Å². The summed E-state index contributed by atoms with van der Waals surface area (Å²) in [6.07, 6.45) is 3.96. The number of nitrogens with two attached hydrogens (primary N) is 1. The van der Waals surface area contributed by atoms with E-state index in [-0.39, 0.29) is 6.04 Å². The number of nitrogens with one attached hydrogen (secondary N) is 1. The molecular formula is C15H21N3O. The van der Waals surface area contributed by atoms with Crippen LogP contribution < -0.4 is 15.8 Å². The molecule has 0 saturated carbocycles. The Balaban J connectivity index is 2.32. The Kier molecular flexibility index (Phi) is 4.58. The van der Waals surface area contributed by atoms with Crippen molar-refractivity contribution in [1.29, 1.82) is 0 Å². The number of nitrogens with zero attached hydrogens (tertiary/aromatic N) is 1. The highest BCUT2D eigenvalue weighted by Crippen LogP contribution is 2.25. The average molecular weight is 259 g/mol. The van der Waals surface area contributed by atoms with Gasteiger partial charge in [-0.2, -0.15) is 0 Å². The molecule has 1 unspecified atom stereocenters. The van der Waals surface area contributed by atoms with Gasteiger partial charge in [-0.25, -0.2) is 4.98 Å². The minimum absolute atomic E-state index is 0.269. The van der Waals surface area contributed by atoms with Crippen LogP contribution in [0.5, 0.6) is 5.75 Å². The molecule has 1 atom stereocenters. The molecule has 0 amide bonds. The molecule has 0 bridgehead atoms. The third-order valence-electron chi connectivity index (χ3n) is 3.23. The van der Waals surface area contributed by atoms with Gasteiger partial charge in [-0.05, 0) is 36.1 Å². The maximum Gasteiger partial charge on any atom is 0.134 e. The second kappa shape index (κ2) is 6.38. The van der Waals surface area contributed by atoms with Crippen LogP contribution in [0.4, 0.5) is 5.82 Å². The predicted molar refractivity (Wildman–Crippen MR) is 79.7 cm³/mol. The highest BCUT2D eigenvalue weighted by atomic mass is 16.5. The molecule has 4 heteroatoms. The quantitative estimate of drug-likeness (QED) is 0.837. The smallest absolute Gasteiger partial charge is 0.134 e. The molecule has 0 aliphatic heterocycles. The minimum Gasteiger partial charge on any atom is -0.497 e. The van der Waals surface area contributed by atoms with Crippen molar-refractivity contribution in [3.05, 3.63) is 30.5 Å². The summed E-state index contributed by atoms with van der Waals surface area (Å²) in [6.45, 7) is 2.77. The molecule has 102 valence electrons. The number of aromatic nitrogens is 1. The van der Waals surface area contributed by atoms with Crippen molar-refractivity contribution in [3.63, 3.8) is 0 Å². The molecule has 2 aromatic rings. The van der Waals surface area contributed by atoms with Gasteiger partial charge in [-0.3, -0.25) is 0 Å². The van der Waals surface area contributed by atoms with Crippen molar-refractivity contribution in [3.8, 4) is 5.75 Å². The zero-order valence-corrected chi connectivity index (χ0v) is 11.5. The number of ether oxygens (including phenoxy) is 1. The van der Waals surface area contributed by atoms with E-state index in [4.69, 9.17) is 10.5 Å². The fourth-order valence-corrected chi connectivity index (χ4v) is 2.19. The Labute approximate surface area is 114 Å². The number of fused-ring (bicyclic) bond motifs is 1. The lowest BCUT2D eigenvalue weighted by atomic mass is 10.1. The summed E-state index contributed by atoms with van der Waals surface area (Å²) in [7, 11) is 1.67. The van der Waals surface area contributed by atoms with Crippen LogP contribution in [0.1, 0.15) is 19.8 Å². The first-order valence-corrected chi connectivity index (χ1v) is 6.67. The molecule has 0 spiro atoms. The normalized spacial score (nSPS) is 12.4. The number of rotatable bonds is 6. The molecule has 3 N–H and O–H groups in total. The standard InChI is InChI=1S/C15H21N3O/c1-3-4-12(10-16)18-15-14-6-5-13(19-2)9-11(14)7-8-17-15/h5-9,12H,3-4,10,16H2,1-2H3,(H,17,18). The van der Waals surface area contributed by atoms with Crippen molar-refractivity contribution >= 4 is 16.6 Å². The van der Waals surface area contributed by atoms with Gasteiger partial charge in [0.25, 0.3) is 0 Å². The Morgan fingerprint density at radius 2 is 2.21 bits per heavy atom. The highest BCUT2D eigenvalue weighted by molar-refractivity contribution is 5.92. The van der Waals surface area contributed by atoms with Gasteiger partial charge < -0.3 is 15.8 Å². The Hall–Kier alpha value is -1.81. The summed E-state index contributed by atoms with van der Waals surface area (Å²) >= 11 is 0. The van der Waals surface area contributed by atoms with Gasteiger partial charge in [0.1, 0.15) is 11.6 Å². The summed E-state index contributed by atoms with van der Waals surface area (Å²) in [6, 6.07) is 8.25. The number of pyridine rings is 1. The van der Waals surface area contributed by atoms with E-state index in [1.807, 2.05) is 30.5 Å². The first-order valence-electron chi connectivity index (χ1n) is 6.67. The second-order valence-corrected chi connectivity index (χ2v) is 4.61. The maximum absolute atomic E-state index is 5.79. The third-order valence-corrected chi connectivity index (χ3v) is 3.23. The van der Waals surface area contributed by atoms with Crippen LogP contribution in [-0.2, 0) is 0 Å². The monoisotopic (exact) mass is 259 g/mol. The number of benzene rings is 1. The third kappa shape index (κ3) is 3.15. The van der Waals surface area contributed by atoms with Crippen LogP contribution in [-0.4, -0.2) is 24.7 Å². The molecule has 2 rings (SSSR count). The van der Waals surface area contributed by atoms with Gasteiger partial charge in [-0.1, -0.05) is 13.3 Å². The topological polar surface area (TPSA) is 60.2 Å². The lowest BCUT2D eigenvalue weighted by molar-refractivity contribution is 0.415. The molecule has 1 aromatic carbocycles. The van der Waals surface area contributed by atoms with Gasteiger partial charge in [0.2, 0.25) is 0 Å². The minimum atomic E-state index is 0.269. The summed E-state index contributed by atoms with van der Waals surface area (Å²) in [4.78, 5) is 4.42. The molecule has 0 fully saturated rings. The van der Waals surface area contributed by atoms with Crippen molar-refractivity contribution in [2.45, 2.75) is 25.8 Å². The zero-order chi connectivity index (χ0) is 13.7. The van der Waals surface area contributed by atoms with Crippen LogP contribution >= 0.6 is 0 Å². The van der Waals surface area contributed by atoms with E-state index < -0.39 is 0 Å². The molecule has 1 aromatic heterocycles. The number of hydrogen-bond acceptors (Lipinski definition) is 4. The fraction of sp³-hybridized carbons (Fsp3) is 0.400. The van der Waals surface area contributed by atoms with Crippen molar-refractivity contribution in [1.82, 2.24) is 4.98 Å². The molecule has 0 aliphatic carbocycles. The average Bonchev–Trinajstić information content (AvgIpc) is 2.46. The molecule has 19 heavy (non-hydrogen) atoms. The summed E-state index contributed by atoms with van der Waals surface area (Å²) < 4.78 is 5.24. The number of anilines is 1. The van der Waals surface area contributed by atoms with Gasteiger partial charge in [0.15, 0.2) is 0 Å². The highest BCUT2D eigenvalue weighted by Gasteiger charge is 2.09. The van der Waals surface area contributed by atoms with E-state index in [1.54, 1.807) is 7.11 Å². The van der Waals surface area contributed by atoms with Gasteiger partial charge in [0, 0.05) is 24.2 Å². The lowest BCUT2D eigenvalue weighted by Crippen LogP contribution is -2.29. The molecule has 4 nitrogen and oxygen atoms in total.